The molecule has 2 unspecified atom stereocenters. The van der Waals surface area contributed by atoms with Crippen LogP contribution in [0, 0.1) is 0 Å². The third-order valence-corrected chi connectivity index (χ3v) is 4.51. The summed E-state index contributed by atoms with van der Waals surface area (Å²) in [6.45, 7) is 1.46. The average molecular weight is 302 g/mol. The topological polar surface area (TPSA) is 126 Å². The Morgan fingerprint density at radius 2 is 2.35 bits per heavy atom. The Morgan fingerprint density at radius 1 is 1.65 bits per heavy atom. The van der Waals surface area contributed by atoms with Crippen molar-refractivity contribution >= 4 is 23.0 Å². The highest BCUT2D eigenvalue weighted by Gasteiger charge is 2.52. The third-order valence-electron chi connectivity index (χ3n) is 3.36. The lowest BCUT2D eigenvalue weighted by Crippen LogP contribution is -2.64. The molecular formula is C10H14N4O5S. The van der Waals surface area contributed by atoms with Crippen molar-refractivity contribution in [3.05, 3.63) is 12.4 Å². The number of nitrogens with zero attached hydrogens (tertiary/aromatic N) is 4. The molecule has 1 saturated heterocycles. The molecule has 1 aliphatic rings. The van der Waals surface area contributed by atoms with Crippen molar-refractivity contribution in [3.8, 4) is 0 Å². The Labute approximate surface area is 116 Å². The van der Waals surface area contributed by atoms with Crippen LogP contribution in [0.4, 0.5) is 0 Å². The maximum absolute atomic E-state index is 11.7. The van der Waals surface area contributed by atoms with Crippen molar-refractivity contribution in [2.45, 2.75) is 30.7 Å². The molecule has 0 radical (unpaired) electrons. The van der Waals surface area contributed by atoms with Gasteiger partial charge in [0.05, 0.1) is 12.7 Å². The van der Waals surface area contributed by atoms with Gasteiger partial charge in [-0.05, 0) is 6.92 Å². The minimum Gasteiger partial charge on any atom is -0.480 e. The fourth-order valence-corrected chi connectivity index (χ4v) is 2.87. The van der Waals surface area contributed by atoms with Gasteiger partial charge in [-0.1, -0.05) is 5.21 Å². The van der Waals surface area contributed by atoms with E-state index in [1.165, 1.54) is 24.0 Å². The van der Waals surface area contributed by atoms with Crippen molar-refractivity contribution in [3.63, 3.8) is 0 Å². The van der Waals surface area contributed by atoms with Crippen LogP contribution in [0.3, 0.4) is 0 Å². The Morgan fingerprint density at radius 3 is 2.70 bits per heavy atom. The summed E-state index contributed by atoms with van der Waals surface area (Å²) in [5.41, 5.74) is 0. The normalized spacial score (nSPS) is 20.9. The van der Waals surface area contributed by atoms with Crippen LogP contribution < -0.4 is 0 Å². The number of hydrogen-bond acceptors (Lipinski definition) is 5. The lowest BCUT2D eigenvalue weighted by Gasteiger charge is -2.43. The van der Waals surface area contributed by atoms with E-state index < -0.39 is 27.8 Å². The van der Waals surface area contributed by atoms with E-state index in [2.05, 4.69) is 10.3 Å². The molecule has 1 aromatic rings. The van der Waals surface area contributed by atoms with Gasteiger partial charge in [0.1, 0.15) is 4.75 Å². The molecule has 1 fully saturated rings. The summed E-state index contributed by atoms with van der Waals surface area (Å²) in [6.07, 6.45) is 3.09. The number of hydrogen-bond donors (Lipinski definition) is 2. The van der Waals surface area contributed by atoms with Crippen LogP contribution in [0.15, 0.2) is 12.4 Å². The number of carbonyl (C=O) groups excluding carboxylic acids is 1. The molecule has 10 heteroatoms. The standard InChI is InChI=1S/C10H14N4O5S/c1-10(20(18)19,6-13-5-3-11-12-13)8(9(16)17)14-4-2-7(14)15/h3,5,8H,2,4,6H2,1H3,(H,16,17)(H,18,19)/t8?,10-/m0/s1. The van der Waals surface area contributed by atoms with Crippen LogP contribution in [0.1, 0.15) is 13.3 Å². The number of aromatic nitrogens is 3. The molecule has 0 aliphatic carbocycles. The number of carboxylic acids is 1. The zero-order chi connectivity index (χ0) is 14.9. The van der Waals surface area contributed by atoms with E-state index in [1.807, 2.05) is 0 Å². The molecule has 0 spiro atoms. The zero-order valence-electron chi connectivity index (χ0n) is 10.7. The van der Waals surface area contributed by atoms with E-state index >= 15 is 0 Å². The lowest BCUT2D eigenvalue weighted by molar-refractivity contribution is -0.158. The maximum atomic E-state index is 11.7. The summed E-state index contributed by atoms with van der Waals surface area (Å²) in [5, 5.41) is 16.6. The quantitative estimate of drug-likeness (QED) is 0.507. The molecule has 0 bridgehead atoms. The van der Waals surface area contributed by atoms with Crippen LogP contribution in [0.5, 0.6) is 0 Å². The number of likely N-dealkylation sites (tertiary alicyclic amines) is 1. The van der Waals surface area contributed by atoms with Crippen LogP contribution in [0.25, 0.3) is 0 Å². The number of carbonyl (C=O) groups is 2. The number of carboxylic acid groups (broad SMARTS) is 1. The molecule has 110 valence electrons. The van der Waals surface area contributed by atoms with Crippen LogP contribution >= 0.6 is 0 Å². The van der Waals surface area contributed by atoms with Gasteiger partial charge < -0.3 is 14.6 Å². The second-order valence-electron chi connectivity index (χ2n) is 4.74. The van der Waals surface area contributed by atoms with E-state index in [9.17, 15) is 23.5 Å². The molecule has 20 heavy (non-hydrogen) atoms. The first kappa shape index (κ1) is 14.6. The first-order chi connectivity index (χ1) is 9.36. The molecule has 9 nitrogen and oxygen atoms in total. The molecule has 2 heterocycles. The van der Waals surface area contributed by atoms with E-state index in [-0.39, 0.29) is 25.4 Å². The minimum absolute atomic E-state index is 0.142. The average Bonchev–Trinajstić information content (AvgIpc) is 2.85. The van der Waals surface area contributed by atoms with Crippen molar-refractivity contribution in [2.75, 3.05) is 6.54 Å². The molecule has 2 rings (SSSR count). The van der Waals surface area contributed by atoms with E-state index in [1.54, 1.807) is 0 Å². The summed E-state index contributed by atoms with van der Waals surface area (Å²) in [7, 11) is 0. The van der Waals surface area contributed by atoms with Gasteiger partial charge in [0.25, 0.3) is 0 Å². The molecule has 1 amide bonds. The number of amides is 1. The number of β-lactam (4-membered cyclic amide) rings is 1. The van der Waals surface area contributed by atoms with E-state index in [0.717, 1.165) is 4.90 Å². The van der Waals surface area contributed by atoms with Gasteiger partial charge in [0.15, 0.2) is 17.1 Å². The highest BCUT2D eigenvalue weighted by molar-refractivity contribution is 7.80. The third kappa shape index (κ3) is 2.43. The van der Waals surface area contributed by atoms with Gasteiger partial charge in [-0.15, -0.1) is 5.10 Å². The molecular weight excluding hydrogens is 288 g/mol. The summed E-state index contributed by atoms with van der Waals surface area (Å²) in [4.78, 5) is 24.1. The summed E-state index contributed by atoms with van der Waals surface area (Å²) in [6, 6.07) is -1.39. The number of aliphatic carboxylic acids is 1. The van der Waals surface area contributed by atoms with Gasteiger partial charge in [0.2, 0.25) is 5.91 Å². The highest BCUT2D eigenvalue weighted by Crippen LogP contribution is 2.28. The summed E-state index contributed by atoms with van der Waals surface area (Å²) >= 11 is -2.47. The Bertz CT molecular complexity index is 548. The first-order valence-electron chi connectivity index (χ1n) is 5.83. The van der Waals surface area contributed by atoms with Crippen molar-refractivity contribution in [1.82, 2.24) is 19.9 Å². The molecule has 0 saturated carbocycles. The summed E-state index contributed by atoms with van der Waals surface area (Å²) < 4.78 is 20.9. The van der Waals surface area contributed by atoms with Gasteiger partial charge in [0, 0.05) is 19.2 Å². The maximum Gasteiger partial charge on any atom is 0.328 e. The van der Waals surface area contributed by atoms with Crippen molar-refractivity contribution < 1.29 is 23.5 Å². The number of rotatable bonds is 6. The zero-order valence-corrected chi connectivity index (χ0v) is 11.5. The molecule has 0 aromatic carbocycles. The van der Waals surface area contributed by atoms with Crippen molar-refractivity contribution in [1.29, 1.82) is 0 Å². The highest BCUT2D eigenvalue weighted by atomic mass is 32.2. The van der Waals surface area contributed by atoms with Crippen LogP contribution in [0.2, 0.25) is 0 Å². The Kier molecular flexibility index (Phi) is 3.86. The van der Waals surface area contributed by atoms with Gasteiger partial charge in [-0.3, -0.25) is 9.48 Å². The van der Waals surface area contributed by atoms with E-state index in [0.29, 0.717) is 0 Å². The first-order valence-corrected chi connectivity index (χ1v) is 6.94. The predicted molar refractivity (Wildman–Crippen MR) is 67.0 cm³/mol. The van der Waals surface area contributed by atoms with Gasteiger partial charge >= 0.3 is 5.97 Å². The van der Waals surface area contributed by atoms with Gasteiger partial charge in [-0.25, -0.2) is 9.00 Å². The smallest absolute Gasteiger partial charge is 0.328 e. The largest absolute Gasteiger partial charge is 0.480 e. The lowest BCUT2D eigenvalue weighted by atomic mass is 9.95. The minimum atomic E-state index is -2.47. The molecule has 1 aliphatic heterocycles. The SMILES string of the molecule is C[C@](Cn1ccnn1)(C(C(=O)O)N1CCC1=O)S(=O)O. The molecule has 1 aromatic heterocycles. The fourth-order valence-electron chi connectivity index (χ4n) is 2.21. The second-order valence-corrected chi connectivity index (χ2v) is 6.17. The van der Waals surface area contributed by atoms with E-state index in [4.69, 9.17) is 0 Å². The molecule has 2 N–H and O–H groups in total. The van der Waals surface area contributed by atoms with Crippen LogP contribution in [-0.4, -0.2) is 63.0 Å². The Hall–Kier alpha value is -1.81. The molecule has 3 atom stereocenters. The predicted octanol–water partition coefficient (Wildman–Crippen LogP) is -1.06. The van der Waals surface area contributed by atoms with Crippen LogP contribution in [-0.2, 0) is 27.2 Å². The fraction of sp³-hybridized carbons (Fsp3) is 0.600. The van der Waals surface area contributed by atoms with Crippen molar-refractivity contribution in [2.24, 2.45) is 0 Å². The monoisotopic (exact) mass is 302 g/mol. The second kappa shape index (κ2) is 5.29. The Balaban J connectivity index is 2.35. The summed E-state index contributed by atoms with van der Waals surface area (Å²) in [5.74, 6) is -1.66. The van der Waals surface area contributed by atoms with Gasteiger partial charge in [-0.2, -0.15) is 0 Å².